The van der Waals surface area contributed by atoms with Crippen molar-refractivity contribution in [1.29, 1.82) is 0 Å². The third-order valence-electron chi connectivity index (χ3n) is 3.51. The van der Waals surface area contributed by atoms with E-state index in [4.69, 9.17) is 0 Å². The lowest BCUT2D eigenvalue weighted by Crippen LogP contribution is -2.31. The zero-order valence-electron chi connectivity index (χ0n) is 13.2. The van der Waals surface area contributed by atoms with Crippen molar-refractivity contribution in [2.24, 2.45) is 0 Å². The summed E-state index contributed by atoms with van der Waals surface area (Å²) in [6, 6.07) is 9.46. The van der Waals surface area contributed by atoms with Crippen LogP contribution in [0.5, 0.6) is 0 Å². The Labute approximate surface area is 118 Å². The second-order valence-electron chi connectivity index (χ2n) is 6.75. The van der Waals surface area contributed by atoms with Gasteiger partial charge in [-0.15, -0.1) is 0 Å². The molecule has 3 atom stereocenters. The van der Waals surface area contributed by atoms with Crippen molar-refractivity contribution in [1.82, 2.24) is 5.32 Å². The van der Waals surface area contributed by atoms with Gasteiger partial charge >= 0.3 is 0 Å². The maximum absolute atomic E-state index is 9.39. The van der Waals surface area contributed by atoms with Crippen LogP contribution >= 0.6 is 0 Å². The molecule has 19 heavy (non-hydrogen) atoms. The second-order valence-corrected chi connectivity index (χ2v) is 6.75. The first-order valence-electron chi connectivity index (χ1n) is 7.24. The van der Waals surface area contributed by atoms with Gasteiger partial charge in [0.2, 0.25) is 0 Å². The highest BCUT2D eigenvalue weighted by atomic mass is 16.3. The van der Waals surface area contributed by atoms with Gasteiger partial charge in [0.05, 0.1) is 6.10 Å². The van der Waals surface area contributed by atoms with Crippen molar-refractivity contribution in [3.63, 3.8) is 0 Å². The number of hydrogen-bond acceptors (Lipinski definition) is 2. The standard InChI is InChI=1S/C17H29NO/c1-12(11-13(2)19)18-14(3)15-7-9-16(10-8-15)17(4,5)6/h7-10,12-14,18-19H,11H2,1-6H3. The third kappa shape index (κ3) is 5.33. The first-order chi connectivity index (χ1) is 8.70. The van der Waals surface area contributed by atoms with Crippen LogP contribution in [0, 0.1) is 0 Å². The molecular formula is C17H29NO. The van der Waals surface area contributed by atoms with E-state index < -0.39 is 0 Å². The monoisotopic (exact) mass is 263 g/mol. The van der Waals surface area contributed by atoms with E-state index in [1.807, 2.05) is 6.92 Å². The van der Waals surface area contributed by atoms with E-state index in [9.17, 15) is 5.11 Å². The van der Waals surface area contributed by atoms with Crippen molar-refractivity contribution in [3.05, 3.63) is 35.4 Å². The third-order valence-corrected chi connectivity index (χ3v) is 3.51. The molecule has 0 saturated carbocycles. The normalized spacial score (nSPS) is 17.0. The van der Waals surface area contributed by atoms with Gasteiger partial charge in [-0.05, 0) is 43.7 Å². The molecule has 1 aromatic rings. The van der Waals surface area contributed by atoms with Crippen LogP contribution in [0.4, 0.5) is 0 Å². The molecule has 2 heteroatoms. The maximum atomic E-state index is 9.39. The Kier molecular flexibility index (Phi) is 5.57. The summed E-state index contributed by atoms with van der Waals surface area (Å²) in [5, 5.41) is 12.9. The Bertz CT molecular complexity index is 375. The predicted octanol–water partition coefficient (Wildman–Crippen LogP) is 3.79. The molecule has 0 spiro atoms. The number of nitrogens with one attached hydrogen (secondary N) is 1. The topological polar surface area (TPSA) is 32.3 Å². The van der Waals surface area contributed by atoms with Crippen LogP contribution in [0.2, 0.25) is 0 Å². The van der Waals surface area contributed by atoms with Crippen molar-refractivity contribution in [3.8, 4) is 0 Å². The minimum Gasteiger partial charge on any atom is -0.393 e. The summed E-state index contributed by atoms with van der Waals surface area (Å²) in [7, 11) is 0. The first kappa shape index (κ1) is 16.2. The molecule has 1 aromatic carbocycles. The molecule has 0 saturated heterocycles. The van der Waals surface area contributed by atoms with Gasteiger partial charge in [0.1, 0.15) is 0 Å². The highest BCUT2D eigenvalue weighted by Gasteiger charge is 2.15. The second kappa shape index (κ2) is 6.53. The Morgan fingerprint density at radius 2 is 1.58 bits per heavy atom. The van der Waals surface area contributed by atoms with Crippen LogP contribution in [-0.2, 0) is 5.41 Å². The maximum Gasteiger partial charge on any atom is 0.0526 e. The molecule has 2 nitrogen and oxygen atoms in total. The highest BCUT2D eigenvalue weighted by molar-refractivity contribution is 5.29. The Balaban J connectivity index is 2.65. The molecule has 0 aromatic heterocycles. The van der Waals surface area contributed by atoms with Crippen molar-refractivity contribution >= 4 is 0 Å². The molecule has 0 aliphatic rings. The zero-order chi connectivity index (χ0) is 14.6. The molecule has 3 unspecified atom stereocenters. The average Bonchev–Trinajstić information content (AvgIpc) is 2.26. The van der Waals surface area contributed by atoms with Gasteiger partial charge in [0, 0.05) is 12.1 Å². The van der Waals surface area contributed by atoms with Gasteiger partial charge < -0.3 is 10.4 Å². The Morgan fingerprint density at radius 3 is 2.00 bits per heavy atom. The van der Waals surface area contributed by atoms with Crippen LogP contribution in [-0.4, -0.2) is 17.3 Å². The van der Waals surface area contributed by atoms with Crippen LogP contribution in [0.25, 0.3) is 0 Å². The molecule has 0 radical (unpaired) electrons. The fourth-order valence-corrected chi connectivity index (χ4v) is 2.37. The van der Waals surface area contributed by atoms with Crippen molar-refractivity contribution in [2.45, 2.75) is 71.6 Å². The lowest BCUT2D eigenvalue weighted by molar-refractivity contribution is 0.168. The SMILES string of the molecule is CC(O)CC(C)NC(C)c1ccc(C(C)(C)C)cc1. The average molecular weight is 263 g/mol. The molecule has 0 fully saturated rings. The van der Waals surface area contributed by atoms with E-state index >= 15 is 0 Å². The van der Waals surface area contributed by atoms with Crippen LogP contribution < -0.4 is 5.32 Å². The minimum absolute atomic E-state index is 0.203. The van der Waals surface area contributed by atoms with Gasteiger partial charge in [-0.2, -0.15) is 0 Å². The molecule has 0 bridgehead atoms. The van der Waals surface area contributed by atoms with E-state index in [0.717, 1.165) is 6.42 Å². The van der Waals surface area contributed by atoms with Crippen molar-refractivity contribution < 1.29 is 5.11 Å². The Morgan fingerprint density at radius 1 is 1.05 bits per heavy atom. The molecular weight excluding hydrogens is 234 g/mol. The lowest BCUT2D eigenvalue weighted by atomic mass is 9.86. The number of hydrogen-bond donors (Lipinski definition) is 2. The molecule has 108 valence electrons. The minimum atomic E-state index is -0.252. The first-order valence-corrected chi connectivity index (χ1v) is 7.24. The summed E-state index contributed by atoms with van der Waals surface area (Å²) in [5.74, 6) is 0. The summed E-state index contributed by atoms with van der Waals surface area (Å²) in [6.45, 7) is 12.8. The molecule has 0 amide bonds. The van der Waals surface area contributed by atoms with E-state index in [1.54, 1.807) is 0 Å². The van der Waals surface area contributed by atoms with Gasteiger partial charge in [-0.3, -0.25) is 0 Å². The summed E-state index contributed by atoms with van der Waals surface area (Å²) in [4.78, 5) is 0. The number of benzene rings is 1. The molecule has 0 heterocycles. The van der Waals surface area contributed by atoms with E-state index in [0.29, 0.717) is 12.1 Å². The van der Waals surface area contributed by atoms with Gasteiger partial charge in [-0.25, -0.2) is 0 Å². The zero-order valence-corrected chi connectivity index (χ0v) is 13.2. The molecule has 2 N–H and O–H groups in total. The van der Waals surface area contributed by atoms with Crippen molar-refractivity contribution in [2.75, 3.05) is 0 Å². The predicted molar refractivity (Wildman–Crippen MR) is 82.5 cm³/mol. The Hall–Kier alpha value is -0.860. The van der Waals surface area contributed by atoms with E-state index in [1.165, 1.54) is 11.1 Å². The smallest absolute Gasteiger partial charge is 0.0526 e. The summed E-state index contributed by atoms with van der Waals surface area (Å²) in [6.07, 6.45) is 0.530. The van der Waals surface area contributed by atoms with Crippen LogP contribution in [0.1, 0.15) is 65.1 Å². The lowest BCUT2D eigenvalue weighted by Gasteiger charge is -2.23. The van der Waals surface area contributed by atoms with E-state index in [-0.39, 0.29) is 11.5 Å². The summed E-state index contributed by atoms with van der Waals surface area (Å²) >= 11 is 0. The molecule has 0 aliphatic carbocycles. The number of aliphatic hydroxyl groups excluding tert-OH is 1. The van der Waals surface area contributed by atoms with Gasteiger partial charge in [0.25, 0.3) is 0 Å². The fraction of sp³-hybridized carbons (Fsp3) is 0.647. The summed E-state index contributed by atoms with van der Waals surface area (Å²) < 4.78 is 0. The molecule has 1 rings (SSSR count). The number of rotatable bonds is 5. The quantitative estimate of drug-likeness (QED) is 0.847. The van der Waals surface area contributed by atoms with Crippen LogP contribution in [0.3, 0.4) is 0 Å². The number of aliphatic hydroxyl groups is 1. The van der Waals surface area contributed by atoms with Crippen LogP contribution in [0.15, 0.2) is 24.3 Å². The fourth-order valence-electron chi connectivity index (χ4n) is 2.37. The largest absolute Gasteiger partial charge is 0.393 e. The molecule has 0 aliphatic heterocycles. The van der Waals surface area contributed by atoms with E-state index in [2.05, 4.69) is 64.2 Å². The van der Waals surface area contributed by atoms with Gasteiger partial charge in [0.15, 0.2) is 0 Å². The summed E-state index contributed by atoms with van der Waals surface area (Å²) in [5.41, 5.74) is 2.86. The highest BCUT2D eigenvalue weighted by Crippen LogP contribution is 2.24. The van der Waals surface area contributed by atoms with Gasteiger partial charge in [-0.1, -0.05) is 45.0 Å².